The molecule has 2 rings (SSSR count). The van der Waals surface area contributed by atoms with Gasteiger partial charge in [-0.2, -0.15) is 5.26 Å². The minimum absolute atomic E-state index is 0.0386. The van der Waals surface area contributed by atoms with E-state index in [1.165, 1.54) is 24.3 Å². The van der Waals surface area contributed by atoms with Crippen molar-refractivity contribution in [3.63, 3.8) is 0 Å². The molecule has 1 aromatic carbocycles. The number of aromatic nitrogens is 1. The number of aromatic hydroxyl groups is 2. The molecule has 0 bridgehead atoms. The van der Waals surface area contributed by atoms with Crippen molar-refractivity contribution in [3.8, 4) is 17.6 Å². The van der Waals surface area contributed by atoms with E-state index in [-0.39, 0.29) is 17.1 Å². The highest BCUT2D eigenvalue weighted by Crippen LogP contribution is 2.25. The molecule has 1 aromatic heterocycles. The summed E-state index contributed by atoms with van der Waals surface area (Å²) in [4.78, 5) is 15.8. The molecule has 2 aromatic rings. The molecule has 0 spiro atoms. The Balaban J connectivity index is 0.00000163. The Morgan fingerprint density at radius 3 is 2.50 bits per heavy atom. The zero-order valence-electron chi connectivity index (χ0n) is 14.7. The molecule has 6 nitrogen and oxygen atoms in total. The average molecular weight is 351 g/mol. The Labute approximate surface area is 152 Å². The van der Waals surface area contributed by atoms with Gasteiger partial charge in [-0.3, -0.25) is 9.78 Å². The number of rotatable bonds is 5. The lowest BCUT2D eigenvalue weighted by Crippen LogP contribution is -2.23. The average Bonchev–Trinajstić information content (AvgIpc) is 2.68. The van der Waals surface area contributed by atoms with Crippen molar-refractivity contribution in [1.82, 2.24) is 10.3 Å². The quantitative estimate of drug-likeness (QED) is 0.332. The molecule has 1 heterocycles. The molecule has 0 saturated carbocycles. The number of benzene rings is 1. The summed E-state index contributed by atoms with van der Waals surface area (Å²) in [5.74, 6) is -0.930. The second-order valence-electron chi connectivity index (χ2n) is 4.84. The van der Waals surface area contributed by atoms with Crippen LogP contribution < -0.4 is 5.32 Å². The van der Waals surface area contributed by atoms with Gasteiger partial charge in [-0.25, -0.2) is 0 Å². The summed E-state index contributed by atoms with van der Waals surface area (Å²) in [6, 6.07) is 9.70. The maximum Gasteiger partial charge on any atom is 0.262 e. The highest BCUT2D eigenvalue weighted by Gasteiger charge is 2.07. The van der Waals surface area contributed by atoms with E-state index < -0.39 is 5.91 Å². The number of amides is 1. The van der Waals surface area contributed by atoms with Crippen LogP contribution in [0.5, 0.6) is 11.5 Å². The van der Waals surface area contributed by atoms with Gasteiger partial charge < -0.3 is 15.5 Å². The summed E-state index contributed by atoms with van der Waals surface area (Å²) in [7, 11) is 0. The van der Waals surface area contributed by atoms with E-state index in [1.807, 2.05) is 19.9 Å². The van der Waals surface area contributed by atoms with Gasteiger partial charge in [0.1, 0.15) is 11.6 Å². The van der Waals surface area contributed by atoms with Crippen molar-refractivity contribution in [2.75, 3.05) is 0 Å². The minimum Gasteiger partial charge on any atom is -0.504 e. The van der Waals surface area contributed by atoms with Crippen molar-refractivity contribution in [2.45, 2.75) is 20.4 Å². The zero-order chi connectivity index (χ0) is 19.4. The highest BCUT2D eigenvalue weighted by molar-refractivity contribution is 5.97. The third kappa shape index (κ3) is 6.49. The van der Waals surface area contributed by atoms with Crippen LogP contribution in [0.3, 0.4) is 0 Å². The summed E-state index contributed by atoms with van der Waals surface area (Å²) >= 11 is 0. The summed E-state index contributed by atoms with van der Waals surface area (Å²) in [5.41, 5.74) is 1.46. The number of nitriles is 1. The smallest absolute Gasteiger partial charge is 0.262 e. The standard InChI is InChI=1S/C18H15N3O3.C2H6/c19-11-15(18(24)21-12-14-6-8-20-9-7-14)3-1-2-13-4-5-16(22)17(23)10-13;1-2/h1-10,22-23H,12H2,(H,21,24);1-2H3/b2-1+,15-3+;. The lowest BCUT2D eigenvalue weighted by atomic mass is 10.1. The number of carbonyl (C=O) groups is 1. The SMILES string of the molecule is CC.N#C/C(=C\C=C\c1ccc(O)c(O)c1)C(=O)NCc1ccncc1. The van der Waals surface area contributed by atoms with Crippen molar-refractivity contribution >= 4 is 12.0 Å². The molecule has 0 aliphatic heterocycles. The van der Waals surface area contributed by atoms with Crippen LogP contribution in [-0.4, -0.2) is 21.1 Å². The third-order valence-electron chi connectivity index (χ3n) is 3.12. The summed E-state index contributed by atoms with van der Waals surface area (Å²) in [6.45, 7) is 4.30. The Morgan fingerprint density at radius 2 is 1.88 bits per heavy atom. The molecule has 0 fully saturated rings. The first-order valence-electron chi connectivity index (χ1n) is 8.07. The number of carbonyl (C=O) groups excluding carboxylic acids is 1. The van der Waals surface area contributed by atoms with Crippen LogP contribution in [-0.2, 0) is 11.3 Å². The number of phenolic OH excluding ortho intramolecular Hbond substituents is 2. The molecule has 134 valence electrons. The van der Waals surface area contributed by atoms with Crippen LogP contribution in [0.2, 0.25) is 0 Å². The molecular formula is C20H21N3O3. The number of allylic oxidation sites excluding steroid dienone is 2. The van der Waals surface area contributed by atoms with E-state index in [1.54, 1.807) is 36.7 Å². The Morgan fingerprint density at radius 1 is 1.19 bits per heavy atom. The minimum atomic E-state index is -0.479. The van der Waals surface area contributed by atoms with Crippen LogP contribution in [0.15, 0.2) is 60.5 Å². The predicted molar refractivity (Wildman–Crippen MR) is 99.9 cm³/mol. The number of hydrogen-bond acceptors (Lipinski definition) is 5. The van der Waals surface area contributed by atoms with Gasteiger partial charge in [0.15, 0.2) is 11.5 Å². The fraction of sp³-hybridized carbons (Fsp3) is 0.150. The number of pyridine rings is 1. The first kappa shape index (κ1) is 20.5. The van der Waals surface area contributed by atoms with Crippen molar-refractivity contribution in [3.05, 3.63) is 71.6 Å². The monoisotopic (exact) mass is 351 g/mol. The Bertz CT molecular complexity index is 822. The van der Waals surface area contributed by atoms with Gasteiger partial charge in [0.25, 0.3) is 5.91 Å². The molecule has 0 aliphatic carbocycles. The van der Waals surface area contributed by atoms with Crippen molar-refractivity contribution in [1.29, 1.82) is 5.26 Å². The van der Waals surface area contributed by atoms with Crippen LogP contribution >= 0.6 is 0 Å². The number of hydrogen-bond donors (Lipinski definition) is 3. The third-order valence-corrected chi connectivity index (χ3v) is 3.12. The van der Waals surface area contributed by atoms with Gasteiger partial charge >= 0.3 is 0 Å². The summed E-state index contributed by atoms with van der Waals surface area (Å²) in [6.07, 6.45) is 7.76. The molecule has 0 atom stereocenters. The van der Waals surface area contributed by atoms with E-state index in [0.717, 1.165) is 5.56 Å². The largest absolute Gasteiger partial charge is 0.504 e. The fourth-order valence-corrected chi connectivity index (χ4v) is 1.84. The molecule has 3 N–H and O–H groups in total. The van der Waals surface area contributed by atoms with Crippen LogP contribution in [0.25, 0.3) is 6.08 Å². The molecule has 0 aliphatic rings. The maximum atomic E-state index is 12.0. The first-order chi connectivity index (χ1) is 12.6. The highest BCUT2D eigenvalue weighted by atomic mass is 16.3. The first-order valence-corrected chi connectivity index (χ1v) is 8.07. The normalized spacial score (nSPS) is 10.6. The fourth-order valence-electron chi connectivity index (χ4n) is 1.84. The second-order valence-corrected chi connectivity index (χ2v) is 4.84. The molecule has 0 unspecified atom stereocenters. The second kappa shape index (κ2) is 11.0. The van der Waals surface area contributed by atoms with Gasteiger partial charge in [0.05, 0.1) is 0 Å². The van der Waals surface area contributed by atoms with Crippen LogP contribution in [0.4, 0.5) is 0 Å². The maximum absolute atomic E-state index is 12.0. The van der Waals surface area contributed by atoms with Gasteiger partial charge in [-0.1, -0.05) is 32.1 Å². The van der Waals surface area contributed by atoms with E-state index in [4.69, 9.17) is 5.26 Å². The number of phenols is 2. The molecule has 26 heavy (non-hydrogen) atoms. The Kier molecular flexibility index (Phi) is 8.69. The van der Waals surface area contributed by atoms with Crippen LogP contribution in [0, 0.1) is 11.3 Å². The number of nitrogens with one attached hydrogen (secondary N) is 1. The summed E-state index contributed by atoms with van der Waals surface area (Å²) < 4.78 is 0. The lowest BCUT2D eigenvalue weighted by Gasteiger charge is -2.03. The molecule has 1 amide bonds. The van der Waals surface area contributed by atoms with E-state index in [0.29, 0.717) is 12.1 Å². The molecule has 6 heteroatoms. The topological polar surface area (TPSA) is 106 Å². The van der Waals surface area contributed by atoms with Crippen molar-refractivity contribution in [2.24, 2.45) is 0 Å². The van der Waals surface area contributed by atoms with Crippen molar-refractivity contribution < 1.29 is 15.0 Å². The van der Waals surface area contributed by atoms with E-state index in [9.17, 15) is 15.0 Å². The van der Waals surface area contributed by atoms with Gasteiger partial charge in [0.2, 0.25) is 0 Å². The zero-order valence-corrected chi connectivity index (χ0v) is 14.7. The Hall–Kier alpha value is -3.59. The van der Waals surface area contributed by atoms with Crippen LogP contribution in [0.1, 0.15) is 25.0 Å². The molecule has 0 radical (unpaired) electrons. The molecule has 0 saturated heterocycles. The number of nitrogens with zero attached hydrogens (tertiary/aromatic N) is 2. The lowest BCUT2D eigenvalue weighted by molar-refractivity contribution is -0.117. The van der Waals surface area contributed by atoms with Gasteiger partial charge in [0, 0.05) is 18.9 Å². The predicted octanol–water partition coefficient (Wildman–Crippen LogP) is 3.30. The van der Waals surface area contributed by atoms with E-state index in [2.05, 4.69) is 10.3 Å². The van der Waals surface area contributed by atoms with E-state index >= 15 is 0 Å². The van der Waals surface area contributed by atoms with Gasteiger partial charge in [-0.15, -0.1) is 0 Å². The van der Waals surface area contributed by atoms with Gasteiger partial charge in [-0.05, 0) is 41.5 Å². The molecular weight excluding hydrogens is 330 g/mol. The summed E-state index contributed by atoms with van der Waals surface area (Å²) in [5, 5.41) is 30.4.